The number of methoxy groups -OCH3 is 1. The number of hydrogen-bond donors (Lipinski definition) is 1. The molecule has 0 radical (unpaired) electrons. The van der Waals surface area contributed by atoms with Gasteiger partial charge in [-0.25, -0.2) is 0 Å². The average molecular weight is 457 g/mol. The van der Waals surface area contributed by atoms with E-state index in [9.17, 15) is 9.59 Å². The van der Waals surface area contributed by atoms with Gasteiger partial charge in [-0.3, -0.25) is 14.9 Å². The summed E-state index contributed by atoms with van der Waals surface area (Å²) in [7, 11) is 1.49. The van der Waals surface area contributed by atoms with E-state index in [4.69, 9.17) is 25.5 Å². The van der Waals surface area contributed by atoms with Crippen molar-refractivity contribution in [3.05, 3.63) is 58.9 Å². The minimum Gasteiger partial charge on any atom is -0.495 e. The molecular formula is C22H21ClN4O5. The molecule has 9 nitrogen and oxygen atoms in total. The van der Waals surface area contributed by atoms with Gasteiger partial charge in [-0.05, 0) is 49.4 Å². The first-order chi connectivity index (χ1) is 15.5. The van der Waals surface area contributed by atoms with E-state index >= 15 is 0 Å². The molecule has 0 spiro atoms. The van der Waals surface area contributed by atoms with Crippen molar-refractivity contribution < 1.29 is 23.5 Å². The summed E-state index contributed by atoms with van der Waals surface area (Å²) in [6.07, 6.45) is 0.233. The molecule has 2 heterocycles. The fourth-order valence-corrected chi connectivity index (χ4v) is 3.70. The SMILES string of the molecule is CCOc1ccc(N2CC(c3nnc(NC(=O)c4ccc(OC)c(Cl)c4)o3)CC2=O)cc1. The molecule has 10 heteroatoms. The Labute approximate surface area is 189 Å². The molecule has 0 saturated carbocycles. The van der Waals surface area contributed by atoms with Gasteiger partial charge in [0, 0.05) is 24.2 Å². The maximum absolute atomic E-state index is 12.5. The highest BCUT2D eigenvalue weighted by Crippen LogP contribution is 2.32. The molecule has 4 rings (SSSR count). The predicted molar refractivity (Wildman–Crippen MR) is 118 cm³/mol. The highest BCUT2D eigenvalue weighted by Gasteiger charge is 2.35. The molecule has 1 saturated heterocycles. The minimum atomic E-state index is -0.455. The van der Waals surface area contributed by atoms with Crippen molar-refractivity contribution in [2.75, 3.05) is 30.5 Å². The molecule has 3 aromatic rings. The van der Waals surface area contributed by atoms with Crippen LogP contribution in [0.4, 0.5) is 11.7 Å². The summed E-state index contributed by atoms with van der Waals surface area (Å²) in [6.45, 7) is 2.89. The lowest BCUT2D eigenvalue weighted by molar-refractivity contribution is -0.117. The third kappa shape index (κ3) is 4.52. The van der Waals surface area contributed by atoms with Crippen LogP contribution in [0.1, 0.15) is 35.5 Å². The van der Waals surface area contributed by atoms with Crippen LogP contribution in [0, 0.1) is 0 Å². The van der Waals surface area contributed by atoms with E-state index in [-0.39, 0.29) is 30.2 Å². The summed E-state index contributed by atoms with van der Waals surface area (Å²) < 4.78 is 16.1. The van der Waals surface area contributed by atoms with Crippen molar-refractivity contribution in [2.45, 2.75) is 19.3 Å². The number of rotatable bonds is 7. The summed E-state index contributed by atoms with van der Waals surface area (Å²) in [5.74, 6) is 0.720. The van der Waals surface area contributed by atoms with Gasteiger partial charge >= 0.3 is 6.01 Å². The van der Waals surface area contributed by atoms with E-state index in [1.807, 2.05) is 31.2 Å². The zero-order valence-electron chi connectivity index (χ0n) is 17.5. The molecule has 0 aliphatic carbocycles. The van der Waals surface area contributed by atoms with E-state index in [1.54, 1.807) is 17.0 Å². The second-order valence-corrected chi connectivity index (χ2v) is 7.49. The number of amides is 2. The van der Waals surface area contributed by atoms with Gasteiger partial charge in [-0.1, -0.05) is 16.7 Å². The summed E-state index contributed by atoms with van der Waals surface area (Å²) >= 11 is 6.07. The van der Waals surface area contributed by atoms with E-state index in [2.05, 4.69) is 15.5 Å². The number of ether oxygens (including phenoxy) is 2. The van der Waals surface area contributed by atoms with Crippen LogP contribution in [0.15, 0.2) is 46.9 Å². The molecule has 1 aromatic heterocycles. The van der Waals surface area contributed by atoms with Gasteiger partial charge in [0.05, 0.1) is 24.7 Å². The number of nitrogens with one attached hydrogen (secondary N) is 1. The Bertz CT molecular complexity index is 1130. The molecule has 2 aromatic carbocycles. The monoisotopic (exact) mass is 456 g/mol. The number of hydrogen-bond acceptors (Lipinski definition) is 7. The molecule has 1 aliphatic rings. The van der Waals surface area contributed by atoms with Crippen LogP contribution in [0.25, 0.3) is 0 Å². The van der Waals surface area contributed by atoms with Gasteiger partial charge in [-0.15, -0.1) is 5.10 Å². The molecule has 1 aliphatic heterocycles. The van der Waals surface area contributed by atoms with Gasteiger partial charge in [0.15, 0.2) is 0 Å². The molecule has 1 atom stereocenters. The Morgan fingerprint density at radius 2 is 2.03 bits per heavy atom. The lowest BCUT2D eigenvalue weighted by Crippen LogP contribution is -2.24. The molecule has 32 heavy (non-hydrogen) atoms. The third-order valence-corrected chi connectivity index (χ3v) is 5.30. The van der Waals surface area contributed by atoms with Crippen LogP contribution in [-0.4, -0.2) is 42.3 Å². The van der Waals surface area contributed by atoms with Crippen molar-refractivity contribution in [1.29, 1.82) is 0 Å². The van der Waals surface area contributed by atoms with Crippen LogP contribution in [0.2, 0.25) is 5.02 Å². The Morgan fingerprint density at radius 3 is 2.72 bits per heavy atom. The maximum atomic E-state index is 12.5. The first kappa shape index (κ1) is 21.6. The number of anilines is 2. The molecule has 1 fully saturated rings. The van der Waals surface area contributed by atoms with Crippen molar-refractivity contribution in [2.24, 2.45) is 0 Å². The first-order valence-corrected chi connectivity index (χ1v) is 10.4. The van der Waals surface area contributed by atoms with Gasteiger partial charge < -0.3 is 18.8 Å². The number of aromatic nitrogens is 2. The van der Waals surface area contributed by atoms with Crippen LogP contribution in [-0.2, 0) is 4.79 Å². The molecule has 166 valence electrons. The van der Waals surface area contributed by atoms with E-state index in [0.717, 1.165) is 11.4 Å². The lowest BCUT2D eigenvalue weighted by Gasteiger charge is -2.16. The maximum Gasteiger partial charge on any atom is 0.322 e. The Morgan fingerprint density at radius 1 is 1.25 bits per heavy atom. The van der Waals surface area contributed by atoms with Crippen LogP contribution in [0.3, 0.4) is 0 Å². The zero-order valence-corrected chi connectivity index (χ0v) is 18.3. The largest absolute Gasteiger partial charge is 0.495 e. The molecule has 2 amide bonds. The van der Waals surface area contributed by atoms with Gasteiger partial charge in [-0.2, -0.15) is 0 Å². The highest BCUT2D eigenvalue weighted by molar-refractivity contribution is 6.32. The predicted octanol–water partition coefficient (Wildman–Crippen LogP) is 3.90. The smallest absolute Gasteiger partial charge is 0.322 e. The van der Waals surface area contributed by atoms with E-state index in [0.29, 0.717) is 29.5 Å². The number of nitrogens with zero attached hydrogens (tertiary/aromatic N) is 3. The normalized spacial score (nSPS) is 15.7. The van der Waals surface area contributed by atoms with Crippen LogP contribution in [0.5, 0.6) is 11.5 Å². The van der Waals surface area contributed by atoms with Crippen molar-refractivity contribution in [3.8, 4) is 11.5 Å². The summed E-state index contributed by atoms with van der Waals surface area (Å²) in [5.41, 5.74) is 1.08. The van der Waals surface area contributed by atoms with Crippen LogP contribution < -0.4 is 19.7 Å². The number of halogens is 1. The zero-order chi connectivity index (χ0) is 22.7. The van der Waals surface area contributed by atoms with Crippen LogP contribution >= 0.6 is 11.6 Å². The van der Waals surface area contributed by atoms with Crippen molar-refractivity contribution >= 4 is 35.1 Å². The summed E-state index contributed by atoms with van der Waals surface area (Å²) in [5, 5.41) is 10.8. The Kier molecular flexibility index (Phi) is 6.27. The lowest BCUT2D eigenvalue weighted by atomic mass is 10.1. The molecule has 0 bridgehead atoms. The fraction of sp³-hybridized carbons (Fsp3) is 0.273. The first-order valence-electron chi connectivity index (χ1n) is 10.00. The van der Waals surface area contributed by atoms with Crippen molar-refractivity contribution in [1.82, 2.24) is 10.2 Å². The van der Waals surface area contributed by atoms with E-state index < -0.39 is 5.91 Å². The average Bonchev–Trinajstić information content (AvgIpc) is 3.41. The Balaban J connectivity index is 1.41. The second kappa shape index (κ2) is 9.27. The Hall–Kier alpha value is -3.59. The third-order valence-electron chi connectivity index (χ3n) is 5.01. The number of carbonyl (C=O) groups is 2. The fourth-order valence-electron chi connectivity index (χ4n) is 3.44. The van der Waals surface area contributed by atoms with E-state index in [1.165, 1.54) is 13.2 Å². The summed E-state index contributed by atoms with van der Waals surface area (Å²) in [6, 6.07) is 11.9. The quantitative estimate of drug-likeness (QED) is 0.574. The molecule has 1 N–H and O–H groups in total. The van der Waals surface area contributed by atoms with Crippen molar-refractivity contribution in [3.63, 3.8) is 0 Å². The minimum absolute atomic E-state index is 0.0455. The van der Waals surface area contributed by atoms with Gasteiger partial charge in [0.1, 0.15) is 11.5 Å². The molecular weight excluding hydrogens is 436 g/mol. The number of benzene rings is 2. The standard InChI is InChI=1S/C22H21ClN4O5/c1-3-31-16-7-5-15(6-8-16)27-12-14(11-19(27)28)21-25-26-22(32-21)24-20(29)13-4-9-18(30-2)17(23)10-13/h4-10,14H,3,11-12H2,1-2H3,(H,24,26,29). The number of carbonyl (C=O) groups excluding carboxylic acids is 2. The summed E-state index contributed by atoms with van der Waals surface area (Å²) in [4.78, 5) is 26.7. The topological polar surface area (TPSA) is 107 Å². The van der Waals surface area contributed by atoms with Gasteiger partial charge in [0.2, 0.25) is 11.8 Å². The van der Waals surface area contributed by atoms with Gasteiger partial charge in [0.25, 0.3) is 5.91 Å². The highest BCUT2D eigenvalue weighted by atomic mass is 35.5. The second-order valence-electron chi connectivity index (χ2n) is 7.08. The molecule has 1 unspecified atom stereocenters.